The molecule has 15 heavy (non-hydrogen) atoms. The first-order chi connectivity index (χ1) is 7.13. The monoisotopic (exact) mass is 229 g/mol. The van der Waals surface area contributed by atoms with E-state index in [1.165, 1.54) is 6.42 Å². The molecule has 3 heteroatoms. The van der Waals surface area contributed by atoms with Crippen LogP contribution in [0.25, 0.3) is 0 Å². The van der Waals surface area contributed by atoms with Crippen LogP contribution in [0.2, 0.25) is 5.22 Å². The Kier molecular flexibility index (Phi) is 5.20. The highest BCUT2D eigenvalue weighted by Crippen LogP contribution is 2.24. The molecule has 0 radical (unpaired) electrons. The van der Waals surface area contributed by atoms with Gasteiger partial charge in [-0.3, -0.25) is 0 Å². The Morgan fingerprint density at radius 3 is 2.53 bits per heavy atom. The van der Waals surface area contributed by atoms with E-state index in [2.05, 4.69) is 26.1 Å². The molecule has 1 atom stereocenters. The van der Waals surface area contributed by atoms with Crippen LogP contribution in [0.15, 0.2) is 16.5 Å². The summed E-state index contributed by atoms with van der Waals surface area (Å²) in [4.78, 5) is 0. The molecule has 0 bridgehead atoms. The van der Waals surface area contributed by atoms with Crippen molar-refractivity contribution in [1.82, 2.24) is 5.32 Å². The number of halogens is 1. The summed E-state index contributed by atoms with van der Waals surface area (Å²) in [5, 5.41) is 3.89. The molecule has 0 amide bonds. The van der Waals surface area contributed by atoms with Gasteiger partial charge in [0.25, 0.3) is 0 Å². The molecule has 86 valence electrons. The molecule has 0 saturated carbocycles. The average Bonchev–Trinajstić information content (AvgIpc) is 2.59. The molecule has 0 spiro atoms. The Morgan fingerprint density at radius 2 is 2.07 bits per heavy atom. The maximum atomic E-state index is 5.77. The third kappa shape index (κ3) is 4.27. The Morgan fingerprint density at radius 1 is 1.33 bits per heavy atom. The number of furan rings is 1. The summed E-state index contributed by atoms with van der Waals surface area (Å²) in [6, 6.07) is 4.05. The third-order valence-corrected chi connectivity index (χ3v) is 2.62. The second-order valence-electron chi connectivity index (χ2n) is 4.22. The summed E-state index contributed by atoms with van der Waals surface area (Å²) in [6.45, 7) is 7.52. The highest BCUT2D eigenvalue weighted by molar-refractivity contribution is 6.28. The summed E-state index contributed by atoms with van der Waals surface area (Å²) in [5.41, 5.74) is 0. The lowest BCUT2D eigenvalue weighted by Gasteiger charge is -2.16. The normalized spacial score (nSPS) is 13.4. The van der Waals surface area contributed by atoms with Gasteiger partial charge < -0.3 is 9.73 Å². The van der Waals surface area contributed by atoms with Crippen molar-refractivity contribution >= 4 is 11.6 Å². The van der Waals surface area contributed by atoms with Crippen LogP contribution in [0.1, 0.15) is 45.4 Å². The van der Waals surface area contributed by atoms with Gasteiger partial charge in [-0.05, 0) is 49.0 Å². The number of hydrogen-bond acceptors (Lipinski definition) is 2. The van der Waals surface area contributed by atoms with Crippen LogP contribution < -0.4 is 5.32 Å². The van der Waals surface area contributed by atoms with Crippen LogP contribution in [-0.2, 0) is 0 Å². The second kappa shape index (κ2) is 6.19. The Bertz CT molecular complexity index is 283. The summed E-state index contributed by atoms with van der Waals surface area (Å²) in [6.07, 6.45) is 2.28. The first-order valence-electron chi connectivity index (χ1n) is 5.62. The van der Waals surface area contributed by atoms with E-state index in [4.69, 9.17) is 16.0 Å². The van der Waals surface area contributed by atoms with Gasteiger partial charge in [0.1, 0.15) is 5.76 Å². The first kappa shape index (κ1) is 12.6. The number of hydrogen-bond donors (Lipinski definition) is 1. The minimum absolute atomic E-state index is 0.296. The quantitative estimate of drug-likeness (QED) is 0.797. The largest absolute Gasteiger partial charge is 0.448 e. The third-order valence-electron chi connectivity index (χ3n) is 2.42. The van der Waals surface area contributed by atoms with Gasteiger partial charge in [-0.25, -0.2) is 0 Å². The molecule has 1 aromatic rings. The van der Waals surface area contributed by atoms with Crippen molar-refractivity contribution in [1.29, 1.82) is 0 Å². The lowest BCUT2D eigenvalue weighted by Crippen LogP contribution is -2.20. The highest BCUT2D eigenvalue weighted by Gasteiger charge is 2.14. The van der Waals surface area contributed by atoms with Crippen molar-refractivity contribution in [2.45, 2.75) is 39.7 Å². The number of rotatable bonds is 6. The zero-order valence-corrected chi connectivity index (χ0v) is 10.5. The first-order valence-corrected chi connectivity index (χ1v) is 6.00. The minimum Gasteiger partial charge on any atom is -0.448 e. The molecular formula is C12H20ClNO. The van der Waals surface area contributed by atoms with E-state index in [-0.39, 0.29) is 0 Å². The molecule has 1 heterocycles. The standard InChI is InChI=1S/C12H20ClNO/c1-4-14-10(6-5-9(2)3)11-7-8-12(13)15-11/h7-10,14H,4-6H2,1-3H3. The van der Waals surface area contributed by atoms with Gasteiger partial charge in [-0.2, -0.15) is 0 Å². The molecular weight excluding hydrogens is 210 g/mol. The van der Waals surface area contributed by atoms with Crippen LogP contribution >= 0.6 is 11.6 Å². The summed E-state index contributed by atoms with van der Waals surface area (Å²) in [7, 11) is 0. The fourth-order valence-corrected chi connectivity index (χ4v) is 1.76. The molecule has 1 aromatic heterocycles. The minimum atomic E-state index is 0.296. The van der Waals surface area contributed by atoms with Gasteiger partial charge in [0.15, 0.2) is 5.22 Å². The average molecular weight is 230 g/mol. The predicted octanol–water partition coefficient (Wildman–Crippen LogP) is 4.02. The van der Waals surface area contributed by atoms with E-state index in [1.54, 1.807) is 6.07 Å². The van der Waals surface area contributed by atoms with Crippen molar-refractivity contribution < 1.29 is 4.42 Å². The van der Waals surface area contributed by atoms with Gasteiger partial charge in [-0.1, -0.05) is 20.8 Å². The molecule has 1 rings (SSSR count). The van der Waals surface area contributed by atoms with E-state index < -0.39 is 0 Å². The molecule has 0 saturated heterocycles. The molecule has 0 aliphatic rings. The van der Waals surface area contributed by atoms with E-state index in [0.29, 0.717) is 11.3 Å². The lowest BCUT2D eigenvalue weighted by molar-refractivity contribution is 0.377. The molecule has 1 N–H and O–H groups in total. The van der Waals surface area contributed by atoms with E-state index in [0.717, 1.165) is 24.6 Å². The molecule has 0 aromatic carbocycles. The summed E-state index contributed by atoms with van der Waals surface area (Å²) < 4.78 is 5.43. The van der Waals surface area contributed by atoms with Gasteiger partial charge in [-0.15, -0.1) is 0 Å². The zero-order valence-electron chi connectivity index (χ0n) is 9.72. The number of nitrogens with one attached hydrogen (secondary N) is 1. The second-order valence-corrected chi connectivity index (χ2v) is 4.60. The lowest BCUT2D eigenvalue weighted by atomic mass is 10.0. The van der Waals surface area contributed by atoms with E-state index in [1.807, 2.05) is 6.07 Å². The van der Waals surface area contributed by atoms with Crippen molar-refractivity contribution in [2.24, 2.45) is 5.92 Å². The smallest absolute Gasteiger partial charge is 0.193 e. The van der Waals surface area contributed by atoms with Gasteiger partial charge in [0.2, 0.25) is 0 Å². The molecule has 2 nitrogen and oxygen atoms in total. The molecule has 0 aliphatic heterocycles. The maximum absolute atomic E-state index is 5.77. The Hall–Kier alpha value is -0.470. The van der Waals surface area contributed by atoms with Gasteiger partial charge >= 0.3 is 0 Å². The van der Waals surface area contributed by atoms with Crippen LogP contribution in [0, 0.1) is 5.92 Å². The van der Waals surface area contributed by atoms with Crippen molar-refractivity contribution in [3.63, 3.8) is 0 Å². The van der Waals surface area contributed by atoms with Crippen LogP contribution in [0.3, 0.4) is 0 Å². The maximum Gasteiger partial charge on any atom is 0.193 e. The van der Waals surface area contributed by atoms with E-state index >= 15 is 0 Å². The highest BCUT2D eigenvalue weighted by atomic mass is 35.5. The van der Waals surface area contributed by atoms with Gasteiger partial charge in [0.05, 0.1) is 6.04 Å². The van der Waals surface area contributed by atoms with Gasteiger partial charge in [0, 0.05) is 0 Å². The van der Waals surface area contributed by atoms with E-state index in [9.17, 15) is 0 Å². The Balaban J connectivity index is 2.57. The van der Waals surface area contributed by atoms with Crippen molar-refractivity contribution in [3.8, 4) is 0 Å². The fourth-order valence-electron chi connectivity index (χ4n) is 1.61. The van der Waals surface area contributed by atoms with Crippen LogP contribution in [0.5, 0.6) is 0 Å². The molecule has 0 fully saturated rings. The van der Waals surface area contributed by atoms with Crippen molar-refractivity contribution in [2.75, 3.05) is 6.54 Å². The topological polar surface area (TPSA) is 25.2 Å². The fraction of sp³-hybridized carbons (Fsp3) is 0.667. The molecule has 1 unspecified atom stereocenters. The summed E-state index contributed by atoms with van der Waals surface area (Å²) >= 11 is 5.77. The van der Waals surface area contributed by atoms with Crippen LogP contribution in [0.4, 0.5) is 0 Å². The Labute approximate surface area is 97.0 Å². The summed E-state index contributed by atoms with van der Waals surface area (Å²) in [5.74, 6) is 1.67. The van der Waals surface area contributed by atoms with Crippen LogP contribution in [-0.4, -0.2) is 6.54 Å². The van der Waals surface area contributed by atoms with Crippen molar-refractivity contribution in [3.05, 3.63) is 23.1 Å². The SMILES string of the molecule is CCNC(CCC(C)C)c1ccc(Cl)o1. The molecule has 0 aliphatic carbocycles. The predicted molar refractivity (Wildman–Crippen MR) is 64.2 cm³/mol. The zero-order chi connectivity index (χ0) is 11.3.